The van der Waals surface area contributed by atoms with Gasteiger partial charge in [-0.25, -0.2) is 4.79 Å². The molecule has 1 aromatic carbocycles. The van der Waals surface area contributed by atoms with Crippen molar-refractivity contribution in [1.82, 2.24) is 19.4 Å². The molecule has 1 amide bonds. The first-order valence-corrected chi connectivity index (χ1v) is 8.81. The van der Waals surface area contributed by atoms with Crippen molar-refractivity contribution < 1.29 is 4.79 Å². The number of carbonyl (C=O) groups excluding carboxylic acids is 1. The first kappa shape index (κ1) is 16.8. The number of nitrogens with one attached hydrogen (secondary N) is 1. The van der Waals surface area contributed by atoms with E-state index in [0.717, 1.165) is 37.1 Å². The maximum absolute atomic E-state index is 12.7. The molecular formula is C18H26N4O2. The van der Waals surface area contributed by atoms with Crippen LogP contribution in [0.2, 0.25) is 0 Å². The van der Waals surface area contributed by atoms with Crippen molar-refractivity contribution in [2.75, 3.05) is 19.6 Å². The third kappa shape index (κ3) is 3.24. The van der Waals surface area contributed by atoms with Crippen LogP contribution in [0.15, 0.2) is 29.1 Å². The number of hydrogen-bond donors (Lipinski definition) is 1. The van der Waals surface area contributed by atoms with E-state index in [9.17, 15) is 9.59 Å². The molecule has 130 valence electrons. The summed E-state index contributed by atoms with van der Waals surface area (Å²) >= 11 is 0. The summed E-state index contributed by atoms with van der Waals surface area (Å²) < 4.78 is 3.56. The van der Waals surface area contributed by atoms with Crippen molar-refractivity contribution in [1.29, 1.82) is 0 Å². The molecule has 0 spiro atoms. The molecule has 0 radical (unpaired) electrons. The van der Waals surface area contributed by atoms with Crippen LogP contribution in [0, 0.1) is 0 Å². The maximum Gasteiger partial charge on any atom is 0.329 e. The third-order valence-corrected chi connectivity index (χ3v) is 4.64. The lowest BCUT2D eigenvalue weighted by molar-refractivity contribution is -0.132. The molecule has 1 atom stereocenters. The molecule has 1 N–H and O–H groups in total. The zero-order valence-corrected chi connectivity index (χ0v) is 14.5. The highest BCUT2D eigenvalue weighted by molar-refractivity contribution is 5.78. The number of nitrogens with zero attached hydrogens (tertiary/aromatic N) is 3. The van der Waals surface area contributed by atoms with E-state index < -0.39 is 0 Å². The van der Waals surface area contributed by atoms with Crippen LogP contribution >= 0.6 is 0 Å². The summed E-state index contributed by atoms with van der Waals surface area (Å²) in [5.74, 6) is 0.127. The minimum atomic E-state index is -0.0143. The van der Waals surface area contributed by atoms with Gasteiger partial charge in [-0.3, -0.25) is 13.9 Å². The fourth-order valence-electron chi connectivity index (χ4n) is 3.45. The normalized spacial score (nSPS) is 18.2. The molecule has 1 aliphatic heterocycles. The van der Waals surface area contributed by atoms with Crippen molar-refractivity contribution >= 4 is 16.9 Å². The second kappa shape index (κ2) is 7.21. The standard InChI is InChI=1S/C18H26N4O2/c1-3-10-21-15-6-4-5-7-16(15)22(18(21)24)11-8-17(23)20-12-9-19-14(2)13-20/h4-7,14,19H,3,8-13H2,1-2H3. The van der Waals surface area contributed by atoms with E-state index in [2.05, 4.69) is 19.2 Å². The third-order valence-electron chi connectivity index (χ3n) is 4.64. The molecule has 3 rings (SSSR count). The largest absolute Gasteiger partial charge is 0.340 e. The van der Waals surface area contributed by atoms with E-state index >= 15 is 0 Å². The van der Waals surface area contributed by atoms with E-state index in [0.29, 0.717) is 25.6 Å². The SMILES string of the molecule is CCCn1c(=O)n(CCC(=O)N2CCNC(C)C2)c2ccccc21. The van der Waals surface area contributed by atoms with Crippen LogP contribution in [0.3, 0.4) is 0 Å². The smallest absolute Gasteiger partial charge is 0.329 e. The average molecular weight is 330 g/mol. The Labute approximate surface area is 142 Å². The lowest BCUT2D eigenvalue weighted by atomic mass is 10.2. The Bertz CT molecular complexity index is 777. The van der Waals surface area contributed by atoms with Crippen molar-refractivity contribution in [3.63, 3.8) is 0 Å². The Morgan fingerprint density at radius 2 is 1.88 bits per heavy atom. The van der Waals surface area contributed by atoms with Gasteiger partial charge >= 0.3 is 5.69 Å². The van der Waals surface area contributed by atoms with Gasteiger partial charge in [0.2, 0.25) is 5.91 Å². The number of para-hydroxylation sites is 2. The van der Waals surface area contributed by atoms with Crippen LogP contribution in [-0.4, -0.2) is 45.6 Å². The Kier molecular flexibility index (Phi) is 5.04. The first-order valence-electron chi connectivity index (χ1n) is 8.81. The van der Waals surface area contributed by atoms with Gasteiger partial charge in [-0.2, -0.15) is 0 Å². The second-order valence-electron chi connectivity index (χ2n) is 6.52. The molecule has 1 fully saturated rings. The lowest BCUT2D eigenvalue weighted by Crippen LogP contribution is -2.51. The molecule has 1 aromatic heterocycles. The van der Waals surface area contributed by atoms with E-state index in [1.54, 1.807) is 4.57 Å². The summed E-state index contributed by atoms with van der Waals surface area (Å²) in [4.78, 5) is 27.1. The molecule has 2 heterocycles. The van der Waals surface area contributed by atoms with Gasteiger partial charge in [0.25, 0.3) is 0 Å². The zero-order chi connectivity index (χ0) is 17.1. The number of rotatable bonds is 5. The average Bonchev–Trinajstić information content (AvgIpc) is 2.85. The summed E-state index contributed by atoms with van der Waals surface area (Å²) in [6, 6.07) is 8.15. The molecule has 24 heavy (non-hydrogen) atoms. The monoisotopic (exact) mass is 330 g/mol. The van der Waals surface area contributed by atoms with Gasteiger partial charge in [-0.05, 0) is 25.5 Å². The van der Waals surface area contributed by atoms with Crippen LogP contribution in [0.4, 0.5) is 0 Å². The molecule has 6 heteroatoms. The Morgan fingerprint density at radius 1 is 1.21 bits per heavy atom. The number of aromatic nitrogens is 2. The quantitative estimate of drug-likeness (QED) is 0.902. The van der Waals surface area contributed by atoms with Crippen LogP contribution in [0.25, 0.3) is 11.0 Å². The van der Waals surface area contributed by atoms with Gasteiger partial charge in [0.05, 0.1) is 11.0 Å². The molecule has 1 unspecified atom stereocenters. The van der Waals surface area contributed by atoms with Gasteiger partial charge in [0, 0.05) is 45.2 Å². The lowest BCUT2D eigenvalue weighted by Gasteiger charge is -2.32. The summed E-state index contributed by atoms with van der Waals surface area (Å²) in [6.45, 7) is 7.61. The molecule has 0 saturated carbocycles. The molecular weight excluding hydrogens is 304 g/mol. The van der Waals surface area contributed by atoms with Gasteiger partial charge < -0.3 is 10.2 Å². The number of hydrogen-bond acceptors (Lipinski definition) is 3. The number of carbonyl (C=O) groups is 1. The molecule has 2 aromatic rings. The van der Waals surface area contributed by atoms with E-state index in [4.69, 9.17) is 0 Å². The number of benzene rings is 1. The predicted molar refractivity (Wildman–Crippen MR) is 95.2 cm³/mol. The van der Waals surface area contributed by atoms with Gasteiger partial charge in [0.15, 0.2) is 0 Å². The summed E-state index contributed by atoms with van der Waals surface area (Å²) in [7, 11) is 0. The fraction of sp³-hybridized carbons (Fsp3) is 0.556. The van der Waals surface area contributed by atoms with Gasteiger partial charge in [-0.1, -0.05) is 19.1 Å². The van der Waals surface area contributed by atoms with Crippen LogP contribution in [-0.2, 0) is 17.9 Å². The minimum Gasteiger partial charge on any atom is -0.340 e. The topological polar surface area (TPSA) is 59.3 Å². The van der Waals surface area contributed by atoms with E-state index in [1.165, 1.54) is 0 Å². The van der Waals surface area contributed by atoms with Gasteiger partial charge in [0.1, 0.15) is 0 Å². The highest BCUT2D eigenvalue weighted by Gasteiger charge is 2.21. The van der Waals surface area contributed by atoms with Crippen molar-refractivity contribution in [3.8, 4) is 0 Å². The molecule has 6 nitrogen and oxygen atoms in total. The first-order chi connectivity index (χ1) is 11.6. The molecule has 0 aliphatic carbocycles. The number of piperazine rings is 1. The zero-order valence-electron chi connectivity index (χ0n) is 14.5. The molecule has 1 saturated heterocycles. The number of aryl methyl sites for hydroxylation is 2. The Hall–Kier alpha value is -2.08. The summed E-state index contributed by atoms with van der Waals surface area (Å²) in [5.41, 5.74) is 1.85. The van der Waals surface area contributed by atoms with E-state index in [-0.39, 0.29) is 11.6 Å². The molecule has 1 aliphatic rings. The van der Waals surface area contributed by atoms with Crippen LogP contribution < -0.4 is 11.0 Å². The number of imidazole rings is 1. The van der Waals surface area contributed by atoms with Crippen molar-refractivity contribution in [2.24, 2.45) is 0 Å². The minimum absolute atomic E-state index is 0.0143. The number of amides is 1. The highest BCUT2D eigenvalue weighted by atomic mass is 16.2. The Morgan fingerprint density at radius 3 is 2.50 bits per heavy atom. The second-order valence-corrected chi connectivity index (χ2v) is 6.52. The van der Waals surface area contributed by atoms with Crippen LogP contribution in [0.5, 0.6) is 0 Å². The highest BCUT2D eigenvalue weighted by Crippen LogP contribution is 2.14. The molecule has 0 bridgehead atoms. The van der Waals surface area contributed by atoms with Crippen LogP contribution in [0.1, 0.15) is 26.7 Å². The van der Waals surface area contributed by atoms with Crippen molar-refractivity contribution in [2.45, 2.75) is 45.8 Å². The van der Waals surface area contributed by atoms with Crippen molar-refractivity contribution in [3.05, 3.63) is 34.7 Å². The summed E-state index contributed by atoms with van der Waals surface area (Å²) in [6.07, 6.45) is 1.28. The Balaban J connectivity index is 1.79. The summed E-state index contributed by atoms with van der Waals surface area (Å²) in [5, 5.41) is 3.34. The fourth-order valence-corrected chi connectivity index (χ4v) is 3.45. The number of fused-ring (bicyclic) bond motifs is 1. The predicted octanol–water partition coefficient (Wildman–Crippen LogP) is 1.42. The maximum atomic E-state index is 12.7. The van der Waals surface area contributed by atoms with Gasteiger partial charge in [-0.15, -0.1) is 0 Å². The van der Waals surface area contributed by atoms with E-state index in [1.807, 2.05) is 33.7 Å².